The lowest BCUT2D eigenvalue weighted by Gasteiger charge is -2.09. The first kappa shape index (κ1) is 16.2. The quantitative estimate of drug-likeness (QED) is 0.442. The van der Waals surface area contributed by atoms with Crippen molar-refractivity contribution >= 4 is 5.69 Å². The predicted molar refractivity (Wildman–Crippen MR) is 111 cm³/mol. The molecule has 2 N–H and O–H groups in total. The normalized spacial score (nSPS) is 10.6. The standard InChI is InChI=1S/C25H21N/c26-25-12-5-4-10-24(25)18-19-7-6-11-23(17-19)22-15-13-21(14-16-22)20-8-2-1-3-9-20/h1-17H,18,26H2. The molecule has 1 nitrogen and oxygen atoms in total. The van der Waals surface area contributed by atoms with Crippen molar-refractivity contribution in [3.05, 3.63) is 114 Å². The Morgan fingerprint density at radius 3 is 1.81 bits per heavy atom. The Morgan fingerprint density at radius 2 is 1.08 bits per heavy atom. The van der Waals surface area contributed by atoms with Crippen molar-refractivity contribution in [3.8, 4) is 22.3 Å². The Balaban J connectivity index is 1.59. The maximum atomic E-state index is 6.09. The Kier molecular flexibility index (Phi) is 4.53. The molecule has 0 saturated carbocycles. The molecule has 4 rings (SSSR count). The molecule has 0 aromatic heterocycles. The molecule has 0 amide bonds. The van der Waals surface area contributed by atoms with Crippen molar-refractivity contribution in [2.75, 3.05) is 5.73 Å². The summed E-state index contributed by atoms with van der Waals surface area (Å²) in [7, 11) is 0. The highest BCUT2D eigenvalue weighted by Gasteiger charge is 2.04. The van der Waals surface area contributed by atoms with Gasteiger partial charge in [-0.1, -0.05) is 97.1 Å². The monoisotopic (exact) mass is 335 g/mol. The fourth-order valence-corrected chi connectivity index (χ4v) is 3.26. The van der Waals surface area contributed by atoms with Crippen LogP contribution in [0, 0.1) is 0 Å². The summed E-state index contributed by atoms with van der Waals surface area (Å²) < 4.78 is 0. The summed E-state index contributed by atoms with van der Waals surface area (Å²) in [4.78, 5) is 0. The van der Waals surface area contributed by atoms with E-state index in [1.165, 1.54) is 33.4 Å². The van der Waals surface area contributed by atoms with Crippen LogP contribution in [0.1, 0.15) is 11.1 Å². The van der Waals surface area contributed by atoms with Crippen molar-refractivity contribution in [2.24, 2.45) is 0 Å². The molecule has 0 unspecified atom stereocenters. The first-order valence-corrected chi connectivity index (χ1v) is 8.88. The van der Waals surface area contributed by atoms with Crippen molar-refractivity contribution in [1.82, 2.24) is 0 Å². The molecule has 0 aliphatic heterocycles. The summed E-state index contributed by atoms with van der Waals surface area (Å²) in [6.45, 7) is 0. The van der Waals surface area contributed by atoms with E-state index in [4.69, 9.17) is 5.73 Å². The zero-order chi connectivity index (χ0) is 17.8. The zero-order valence-corrected chi connectivity index (χ0v) is 14.6. The van der Waals surface area contributed by atoms with E-state index in [0.29, 0.717) is 0 Å². The predicted octanol–water partition coefficient (Wildman–Crippen LogP) is 6.19. The molecule has 0 heterocycles. The molecule has 4 aromatic carbocycles. The fraction of sp³-hybridized carbons (Fsp3) is 0.0400. The number of nitrogen functional groups attached to an aromatic ring is 1. The molecule has 0 atom stereocenters. The maximum Gasteiger partial charge on any atom is 0.0349 e. The highest BCUT2D eigenvalue weighted by atomic mass is 14.6. The smallest absolute Gasteiger partial charge is 0.0349 e. The minimum Gasteiger partial charge on any atom is -0.398 e. The molecule has 1 heteroatoms. The summed E-state index contributed by atoms with van der Waals surface area (Å²) in [6, 6.07) is 36.0. The molecule has 0 bridgehead atoms. The van der Waals surface area contributed by atoms with E-state index in [0.717, 1.165) is 12.1 Å². The number of para-hydroxylation sites is 1. The lowest BCUT2D eigenvalue weighted by Crippen LogP contribution is -1.95. The Hall–Kier alpha value is -3.32. The SMILES string of the molecule is Nc1ccccc1Cc1cccc(-c2ccc(-c3ccccc3)cc2)c1. The van der Waals surface area contributed by atoms with Crippen LogP contribution < -0.4 is 5.73 Å². The van der Waals surface area contributed by atoms with Crippen LogP contribution in [0.2, 0.25) is 0 Å². The molecule has 4 aromatic rings. The van der Waals surface area contributed by atoms with Gasteiger partial charge in [0.15, 0.2) is 0 Å². The lowest BCUT2D eigenvalue weighted by molar-refractivity contribution is 1.20. The van der Waals surface area contributed by atoms with Crippen LogP contribution in [-0.4, -0.2) is 0 Å². The molecule has 0 radical (unpaired) electrons. The lowest BCUT2D eigenvalue weighted by atomic mass is 9.97. The van der Waals surface area contributed by atoms with E-state index in [9.17, 15) is 0 Å². The second kappa shape index (κ2) is 7.28. The molecule has 126 valence electrons. The van der Waals surface area contributed by atoms with Crippen LogP contribution in [0.15, 0.2) is 103 Å². The Bertz CT molecular complexity index is 1000. The minimum atomic E-state index is 0.850. The first-order valence-electron chi connectivity index (χ1n) is 8.88. The van der Waals surface area contributed by atoms with Gasteiger partial charge in [-0.2, -0.15) is 0 Å². The topological polar surface area (TPSA) is 26.0 Å². The van der Waals surface area contributed by atoms with Crippen LogP contribution in [-0.2, 0) is 6.42 Å². The van der Waals surface area contributed by atoms with Crippen LogP contribution in [0.3, 0.4) is 0 Å². The summed E-state index contributed by atoms with van der Waals surface area (Å²) in [6.07, 6.45) is 0.850. The molecule has 0 fully saturated rings. The van der Waals surface area contributed by atoms with Gasteiger partial charge < -0.3 is 5.73 Å². The third kappa shape index (κ3) is 3.52. The summed E-state index contributed by atoms with van der Waals surface area (Å²) in [5.74, 6) is 0. The molecule has 0 aliphatic carbocycles. The number of hydrogen-bond donors (Lipinski definition) is 1. The van der Waals surface area contributed by atoms with Gasteiger partial charge in [0.25, 0.3) is 0 Å². The second-order valence-corrected chi connectivity index (χ2v) is 6.52. The number of nitrogens with two attached hydrogens (primary N) is 1. The molecule has 0 spiro atoms. The van der Waals surface area contributed by atoms with Gasteiger partial charge in [0.1, 0.15) is 0 Å². The largest absolute Gasteiger partial charge is 0.398 e. The summed E-state index contributed by atoms with van der Waals surface area (Å²) in [5.41, 5.74) is 14.3. The molecule has 0 saturated heterocycles. The van der Waals surface area contributed by atoms with Gasteiger partial charge in [-0.15, -0.1) is 0 Å². The number of benzene rings is 4. The summed E-state index contributed by atoms with van der Waals surface area (Å²) in [5, 5.41) is 0. The summed E-state index contributed by atoms with van der Waals surface area (Å²) >= 11 is 0. The van der Waals surface area contributed by atoms with Gasteiger partial charge in [-0.25, -0.2) is 0 Å². The van der Waals surface area contributed by atoms with E-state index in [2.05, 4.69) is 78.9 Å². The van der Waals surface area contributed by atoms with Gasteiger partial charge in [0.05, 0.1) is 0 Å². The molecular formula is C25H21N. The van der Waals surface area contributed by atoms with E-state index in [1.54, 1.807) is 0 Å². The Morgan fingerprint density at radius 1 is 0.500 bits per heavy atom. The molecule has 0 aliphatic rings. The average molecular weight is 335 g/mol. The van der Waals surface area contributed by atoms with E-state index in [1.807, 2.05) is 24.3 Å². The first-order chi connectivity index (χ1) is 12.8. The third-order valence-corrected chi connectivity index (χ3v) is 4.70. The third-order valence-electron chi connectivity index (χ3n) is 4.70. The maximum absolute atomic E-state index is 6.09. The van der Waals surface area contributed by atoms with E-state index >= 15 is 0 Å². The number of hydrogen-bond acceptors (Lipinski definition) is 1. The van der Waals surface area contributed by atoms with Gasteiger partial charge in [-0.3, -0.25) is 0 Å². The van der Waals surface area contributed by atoms with Crippen molar-refractivity contribution < 1.29 is 0 Å². The van der Waals surface area contributed by atoms with Gasteiger partial charge in [-0.05, 0) is 45.9 Å². The fourth-order valence-electron chi connectivity index (χ4n) is 3.26. The Labute approximate surface area is 154 Å². The van der Waals surface area contributed by atoms with Crippen LogP contribution >= 0.6 is 0 Å². The minimum absolute atomic E-state index is 0.850. The molecule has 26 heavy (non-hydrogen) atoms. The van der Waals surface area contributed by atoms with E-state index < -0.39 is 0 Å². The highest BCUT2D eigenvalue weighted by molar-refractivity contribution is 5.70. The van der Waals surface area contributed by atoms with Crippen molar-refractivity contribution in [3.63, 3.8) is 0 Å². The number of anilines is 1. The van der Waals surface area contributed by atoms with Crippen LogP contribution in [0.5, 0.6) is 0 Å². The van der Waals surface area contributed by atoms with Crippen LogP contribution in [0.4, 0.5) is 5.69 Å². The van der Waals surface area contributed by atoms with Gasteiger partial charge >= 0.3 is 0 Å². The average Bonchev–Trinajstić information content (AvgIpc) is 2.71. The van der Waals surface area contributed by atoms with Crippen molar-refractivity contribution in [1.29, 1.82) is 0 Å². The zero-order valence-electron chi connectivity index (χ0n) is 14.6. The second-order valence-electron chi connectivity index (χ2n) is 6.52. The van der Waals surface area contributed by atoms with Crippen LogP contribution in [0.25, 0.3) is 22.3 Å². The highest BCUT2D eigenvalue weighted by Crippen LogP contribution is 2.26. The van der Waals surface area contributed by atoms with E-state index in [-0.39, 0.29) is 0 Å². The molecular weight excluding hydrogens is 314 g/mol. The van der Waals surface area contributed by atoms with Gasteiger partial charge in [0.2, 0.25) is 0 Å². The van der Waals surface area contributed by atoms with Gasteiger partial charge in [0, 0.05) is 5.69 Å². The number of rotatable bonds is 4. The van der Waals surface area contributed by atoms with Crippen molar-refractivity contribution in [2.45, 2.75) is 6.42 Å².